The number of methoxy groups -OCH3 is 1. The van der Waals surface area contributed by atoms with Gasteiger partial charge in [0.15, 0.2) is 0 Å². The molecule has 0 radical (unpaired) electrons. The van der Waals surface area contributed by atoms with Crippen molar-refractivity contribution in [3.8, 4) is 0 Å². The summed E-state index contributed by atoms with van der Waals surface area (Å²) >= 11 is 7.23. The molecule has 2 aliphatic heterocycles. The molecular formula is C25H18ClN5O4S. The van der Waals surface area contributed by atoms with E-state index in [1.165, 1.54) is 19.2 Å². The van der Waals surface area contributed by atoms with Crippen LogP contribution in [0, 0.1) is 10.1 Å². The molecule has 11 heteroatoms. The van der Waals surface area contributed by atoms with Gasteiger partial charge in [-0.1, -0.05) is 41.9 Å². The molecule has 9 nitrogen and oxygen atoms in total. The molecule has 0 saturated heterocycles. The van der Waals surface area contributed by atoms with Crippen LogP contribution in [0.2, 0.25) is 5.02 Å². The largest absolute Gasteiger partial charge is 0.464 e. The molecule has 3 aromatic carbocycles. The summed E-state index contributed by atoms with van der Waals surface area (Å²) in [5.74, 6) is -0.599. The minimum absolute atomic E-state index is 0.0565. The second-order valence-corrected chi connectivity index (χ2v) is 9.34. The van der Waals surface area contributed by atoms with Crippen molar-refractivity contribution in [2.45, 2.75) is 4.99 Å². The zero-order chi connectivity index (χ0) is 25.3. The third-order valence-corrected chi connectivity index (χ3v) is 6.99. The fraction of sp³-hybridized carbons (Fsp3) is 0.0800. The Bertz CT molecular complexity index is 1410. The van der Waals surface area contributed by atoms with Gasteiger partial charge in [0, 0.05) is 22.7 Å². The summed E-state index contributed by atoms with van der Waals surface area (Å²) in [4.78, 5) is 22.1. The van der Waals surface area contributed by atoms with Crippen molar-refractivity contribution in [1.29, 1.82) is 0 Å². The number of anilines is 2. The first-order valence-corrected chi connectivity index (χ1v) is 11.9. The number of esters is 1. The number of allylic oxidation sites excluding steroid dienone is 1. The van der Waals surface area contributed by atoms with Crippen LogP contribution in [0.3, 0.4) is 0 Å². The number of halogens is 1. The molecule has 5 rings (SSSR count). The average molecular weight is 520 g/mol. The van der Waals surface area contributed by atoms with Crippen LogP contribution in [0.4, 0.5) is 17.1 Å². The Labute approximate surface area is 215 Å². The van der Waals surface area contributed by atoms with Gasteiger partial charge in [0.05, 0.1) is 29.1 Å². The number of hydrogen-bond donors (Lipinski definition) is 0. The number of nitro groups is 1. The quantitative estimate of drug-likeness (QED) is 0.252. The molecule has 1 atom stereocenters. The van der Waals surface area contributed by atoms with Crippen LogP contribution in [0.5, 0.6) is 0 Å². The zero-order valence-corrected chi connectivity index (χ0v) is 20.4. The van der Waals surface area contributed by atoms with E-state index in [4.69, 9.17) is 21.4 Å². The fourth-order valence-electron chi connectivity index (χ4n) is 3.79. The van der Waals surface area contributed by atoms with Gasteiger partial charge in [-0.25, -0.2) is 14.8 Å². The first kappa shape index (κ1) is 23.6. The van der Waals surface area contributed by atoms with Gasteiger partial charge in [0.2, 0.25) is 10.0 Å². The summed E-state index contributed by atoms with van der Waals surface area (Å²) in [5.41, 5.74) is 2.75. The molecule has 36 heavy (non-hydrogen) atoms. The van der Waals surface area contributed by atoms with Crippen LogP contribution in [0.15, 0.2) is 101 Å². The Morgan fingerprint density at radius 1 is 0.972 bits per heavy atom. The third-order valence-electron chi connectivity index (χ3n) is 5.52. The van der Waals surface area contributed by atoms with E-state index in [-0.39, 0.29) is 10.7 Å². The molecule has 180 valence electrons. The van der Waals surface area contributed by atoms with Crippen molar-refractivity contribution in [2.75, 3.05) is 17.1 Å². The lowest BCUT2D eigenvalue weighted by atomic mass is 10.1. The number of rotatable bonds is 5. The maximum Gasteiger partial charge on any atom is 0.365 e. The Morgan fingerprint density at radius 2 is 1.61 bits per heavy atom. The minimum Gasteiger partial charge on any atom is -0.464 e. The highest BCUT2D eigenvalue weighted by molar-refractivity contribution is 8.17. The van der Waals surface area contributed by atoms with Crippen molar-refractivity contribution < 1.29 is 14.5 Å². The van der Waals surface area contributed by atoms with Crippen LogP contribution >= 0.6 is 23.4 Å². The Kier molecular flexibility index (Phi) is 6.21. The molecule has 2 aliphatic rings. The number of hydrogen-bond acceptors (Lipinski definition) is 9. The monoisotopic (exact) mass is 519 g/mol. The number of hydrazone groups is 2. The average Bonchev–Trinajstić information content (AvgIpc) is 3.29. The first-order valence-electron chi connectivity index (χ1n) is 10.7. The molecule has 0 N–H and O–H groups in total. The molecule has 1 spiro atoms. The van der Waals surface area contributed by atoms with E-state index in [1.807, 2.05) is 54.6 Å². The van der Waals surface area contributed by atoms with Crippen LogP contribution in [0.1, 0.15) is 5.56 Å². The van der Waals surface area contributed by atoms with Crippen LogP contribution in [-0.2, 0) is 9.53 Å². The van der Waals surface area contributed by atoms with Crippen molar-refractivity contribution >= 4 is 57.1 Å². The molecule has 0 saturated carbocycles. The van der Waals surface area contributed by atoms with Crippen LogP contribution < -0.4 is 10.0 Å². The van der Waals surface area contributed by atoms with Crippen molar-refractivity contribution in [3.05, 3.63) is 112 Å². The number of carbonyl (C=O) groups is 1. The summed E-state index contributed by atoms with van der Waals surface area (Å²) in [7, 11) is 1.29. The Balaban J connectivity index is 1.66. The lowest BCUT2D eigenvalue weighted by Crippen LogP contribution is -2.53. The summed E-state index contributed by atoms with van der Waals surface area (Å²) in [5, 5.41) is 24.8. The van der Waals surface area contributed by atoms with Crippen molar-refractivity contribution in [1.82, 2.24) is 0 Å². The number of thioether (sulfide) groups is 1. The summed E-state index contributed by atoms with van der Waals surface area (Å²) in [6.07, 6.45) is 3.74. The highest BCUT2D eigenvalue weighted by atomic mass is 35.5. The number of ether oxygens (including phenoxy) is 1. The molecule has 0 bridgehead atoms. The van der Waals surface area contributed by atoms with E-state index < -0.39 is 15.9 Å². The maximum atomic E-state index is 12.5. The molecule has 0 fully saturated rings. The number of non-ortho nitro benzene ring substituents is 1. The van der Waals surface area contributed by atoms with Gasteiger partial charge < -0.3 is 4.74 Å². The van der Waals surface area contributed by atoms with Crippen molar-refractivity contribution in [3.63, 3.8) is 0 Å². The van der Waals surface area contributed by atoms with E-state index in [2.05, 4.69) is 5.10 Å². The number of nitrogens with zero attached hydrogens (tertiary/aromatic N) is 5. The van der Waals surface area contributed by atoms with Gasteiger partial charge in [0.25, 0.3) is 5.69 Å². The van der Waals surface area contributed by atoms with Gasteiger partial charge in [0.1, 0.15) is 0 Å². The predicted molar refractivity (Wildman–Crippen MR) is 141 cm³/mol. The zero-order valence-electron chi connectivity index (χ0n) is 18.8. The van der Waals surface area contributed by atoms with Gasteiger partial charge in [-0.05, 0) is 60.3 Å². The number of benzene rings is 3. The summed E-state index contributed by atoms with van der Waals surface area (Å²) in [6, 6.07) is 22.7. The summed E-state index contributed by atoms with van der Waals surface area (Å²) in [6.45, 7) is 0. The van der Waals surface area contributed by atoms with Gasteiger partial charge in [-0.3, -0.25) is 10.1 Å². The van der Waals surface area contributed by atoms with E-state index >= 15 is 0 Å². The fourth-order valence-corrected chi connectivity index (χ4v) is 5.09. The molecule has 3 aromatic rings. The van der Waals surface area contributed by atoms with E-state index in [1.54, 1.807) is 34.3 Å². The second-order valence-electron chi connectivity index (χ2n) is 7.72. The SMILES string of the molecule is COC(=O)C1=NN(c2ccc([N+](=O)[O-])cc2)[C@@]2(C=CC(c3ccc(Cl)cc3)=NN2c2ccccc2)S1. The van der Waals surface area contributed by atoms with E-state index in [0.29, 0.717) is 16.4 Å². The lowest BCUT2D eigenvalue weighted by Gasteiger charge is -2.43. The first-order chi connectivity index (χ1) is 17.4. The Hall–Kier alpha value is -4.15. The van der Waals surface area contributed by atoms with Crippen LogP contribution in [-0.4, -0.2) is 33.8 Å². The lowest BCUT2D eigenvalue weighted by molar-refractivity contribution is -0.384. The van der Waals surface area contributed by atoms with Gasteiger partial charge in [-0.15, -0.1) is 0 Å². The summed E-state index contributed by atoms with van der Waals surface area (Å²) < 4.78 is 4.95. The van der Waals surface area contributed by atoms with Gasteiger partial charge in [-0.2, -0.15) is 10.2 Å². The highest BCUT2D eigenvalue weighted by Crippen LogP contribution is 2.48. The standard InChI is InChI=1S/C25H18ClN5O4S/c1-35-24(32)23-28-30(20-11-13-21(14-12-20)31(33)34)25(36-23)16-15-22(17-7-9-18(26)10-8-17)27-29(25)19-5-3-2-4-6-19/h2-16H,1H3/t25-/m0/s1. The molecular weight excluding hydrogens is 502 g/mol. The smallest absolute Gasteiger partial charge is 0.365 e. The number of carbonyl (C=O) groups excluding carboxylic acids is 1. The predicted octanol–water partition coefficient (Wildman–Crippen LogP) is 5.42. The number of para-hydroxylation sites is 1. The molecule has 2 heterocycles. The maximum absolute atomic E-state index is 12.5. The number of nitro benzene ring substituents is 1. The minimum atomic E-state index is -1.13. The van der Waals surface area contributed by atoms with E-state index in [9.17, 15) is 14.9 Å². The highest BCUT2D eigenvalue weighted by Gasteiger charge is 2.51. The second kappa shape index (κ2) is 9.48. The topological polar surface area (TPSA) is 101 Å². The molecule has 0 aromatic heterocycles. The van der Waals surface area contributed by atoms with E-state index in [0.717, 1.165) is 23.0 Å². The third kappa shape index (κ3) is 4.21. The normalized spacial score (nSPS) is 18.7. The molecule has 0 unspecified atom stereocenters. The van der Waals surface area contributed by atoms with Crippen molar-refractivity contribution in [2.24, 2.45) is 10.2 Å². The molecule has 0 amide bonds. The molecule has 0 aliphatic carbocycles. The van der Waals surface area contributed by atoms with Gasteiger partial charge >= 0.3 is 5.97 Å². The van der Waals surface area contributed by atoms with Crippen LogP contribution in [0.25, 0.3) is 0 Å². The Morgan fingerprint density at radius 3 is 2.25 bits per heavy atom.